The van der Waals surface area contributed by atoms with E-state index in [9.17, 15) is 0 Å². The highest BCUT2D eigenvalue weighted by Crippen LogP contribution is 2.33. The average molecular weight is 193 g/mol. The molecule has 1 aromatic heterocycles. The van der Waals surface area contributed by atoms with Crippen molar-refractivity contribution in [3.8, 4) is 0 Å². The molecule has 1 fully saturated rings. The first-order valence-electron chi connectivity index (χ1n) is 5.57. The minimum Gasteiger partial charge on any atom is -0.380 e. The van der Waals surface area contributed by atoms with Crippen molar-refractivity contribution in [2.24, 2.45) is 5.92 Å². The second-order valence-electron chi connectivity index (χ2n) is 4.31. The molecule has 3 nitrogen and oxygen atoms in total. The third-order valence-corrected chi connectivity index (χ3v) is 2.75. The van der Waals surface area contributed by atoms with E-state index in [1.54, 1.807) is 0 Å². The predicted octanol–water partition coefficient (Wildman–Crippen LogP) is 2.50. The summed E-state index contributed by atoms with van der Waals surface area (Å²) < 4.78 is 1.95. The molecule has 1 saturated carbocycles. The van der Waals surface area contributed by atoms with Gasteiger partial charge >= 0.3 is 0 Å². The molecule has 0 radical (unpaired) electrons. The molecule has 1 N–H and O–H groups in total. The summed E-state index contributed by atoms with van der Waals surface area (Å²) in [6.45, 7) is 5.30. The number of aryl methyl sites for hydroxylation is 1. The van der Waals surface area contributed by atoms with Crippen LogP contribution in [0.3, 0.4) is 0 Å². The SMILES string of the molecule is CCn1cc(NC(C)CC2CC2)cn1. The van der Waals surface area contributed by atoms with Crippen molar-refractivity contribution in [1.29, 1.82) is 0 Å². The van der Waals surface area contributed by atoms with Crippen molar-refractivity contribution >= 4 is 5.69 Å². The summed E-state index contributed by atoms with van der Waals surface area (Å²) in [5.74, 6) is 0.985. The van der Waals surface area contributed by atoms with Crippen molar-refractivity contribution in [3.63, 3.8) is 0 Å². The number of rotatable bonds is 5. The van der Waals surface area contributed by atoms with Crippen molar-refractivity contribution in [2.75, 3.05) is 5.32 Å². The van der Waals surface area contributed by atoms with Gasteiger partial charge in [-0.25, -0.2) is 0 Å². The predicted molar refractivity (Wildman–Crippen MR) is 58.3 cm³/mol. The van der Waals surface area contributed by atoms with E-state index in [4.69, 9.17) is 0 Å². The number of aromatic nitrogens is 2. The van der Waals surface area contributed by atoms with Gasteiger partial charge in [0, 0.05) is 18.8 Å². The lowest BCUT2D eigenvalue weighted by Crippen LogP contribution is -2.15. The standard InChI is InChI=1S/C11H19N3/c1-3-14-8-11(7-12-14)13-9(2)6-10-4-5-10/h7-10,13H,3-6H2,1-2H3. The lowest BCUT2D eigenvalue weighted by molar-refractivity contribution is 0.641. The zero-order valence-electron chi connectivity index (χ0n) is 9.03. The molecule has 0 spiro atoms. The summed E-state index contributed by atoms with van der Waals surface area (Å²) in [4.78, 5) is 0. The molecule has 0 aliphatic heterocycles. The number of anilines is 1. The third-order valence-electron chi connectivity index (χ3n) is 2.75. The second-order valence-corrected chi connectivity index (χ2v) is 4.31. The Kier molecular flexibility index (Phi) is 2.75. The summed E-state index contributed by atoms with van der Waals surface area (Å²) in [7, 11) is 0. The Morgan fingerprint density at radius 1 is 1.64 bits per heavy atom. The van der Waals surface area contributed by atoms with Gasteiger partial charge < -0.3 is 5.32 Å². The fraction of sp³-hybridized carbons (Fsp3) is 0.727. The molecule has 1 atom stereocenters. The number of hydrogen-bond donors (Lipinski definition) is 1. The van der Waals surface area contributed by atoms with E-state index in [0.717, 1.165) is 18.2 Å². The van der Waals surface area contributed by atoms with E-state index in [-0.39, 0.29) is 0 Å². The fourth-order valence-electron chi connectivity index (χ4n) is 1.81. The van der Waals surface area contributed by atoms with Crippen LogP contribution in [0, 0.1) is 5.92 Å². The van der Waals surface area contributed by atoms with Crippen molar-refractivity contribution in [3.05, 3.63) is 12.4 Å². The van der Waals surface area contributed by atoms with Crippen LogP contribution in [0.5, 0.6) is 0 Å². The molecule has 0 aromatic carbocycles. The molecule has 0 amide bonds. The van der Waals surface area contributed by atoms with Gasteiger partial charge in [0.15, 0.2) is 0 Å². The zero-order valence-corrected chi connectivity index (χ0v) is 9.03. The topological polar surface area (TPSA) is 29.9 Å². The quantitative estimate of drug-likeness (QED) is 0.778. The molecule has 0 saturated heterocycles. The highest BCUT2D eigenvalue weighted by atomic mass is 15.3. The molecule has 1 aliphatic carbocycles. The first kappa shape index (κ1) is 9.56. The Balaban J connectivity index is 1.82. The van der Waals surface area contributed by atoms with Crippen LogP contribution >= 0.6 is 0 Å². The van der Waals surface area contributed by atoms with Gasteiger partial charge in [-0.3, -0.25) is 4.68 Å². The maximum atomic E-state index is 4.24. The third kappa shape index (κ3) is 2.50. The second kappa shape index (κ2) is 4.03. The highest BCUT2D eigenvalue weighted by molar-refractivity contribution is 5.39. The van der Waals surface area contributed by atoms with Gasteiger partial charge in [-0.2, -0.15) is 5.10 Å². The van der Waals surface area contributed by atoms with Crippen molar-refractivity contribution in [1.82, 2.24) is 9.78 Å². The number of nitrogens with one attached hydrogen (secondary N) is 1. The summed E-state index contributed by atoms with van der Waals surface area (Å²) in [6.07, 6.45) is 8.15. The summed E-state index contributed by atoms with van der Waals surface area (Å²) in [5, 5.41) is 7.72. The van der Waals surface area contributed by atoms with E-state index in [1.165, 1.54) is 19.3 Å². The Bertz CT molecular complexity index is 288. The molecule has 1 aromatic rings. The van der Waals surface area contributed by atoms with Crippen molar-refractivity contribution in [2.45, 2.75) is 45.7 Å². The van der Waals surface area contributed by atoms with E-state index < -0.39 is 0 Å². The molecule has 3 heteroatoms. The molecular weight excluding hydrogens is 174 g/mol. The summed E-state index contributed by atoms with van der Waals surface area (Å²) in [5.41, 5.74) is 1.15. The summed E-state index contributed by atoms with van der Waals surface area (Å²) in [6, 6.07) is 0.581. The van der Waals surface area contributed by atoms with Crippen LogP contribution in [-0.4, -0.2) is 15.8 Å². The van der Waals surface area contributed by atoms with Crippen LogP contribution in [0.15, 0.2) is 12.4 Å². The van der Waals surface area contributed by atoms with Gasteiger partial charge in [-0.15, -0.1) is 0 Å². The van der Waals surface area contributed by atoms with Gasteiger partial charge in [0.05, 0.1) is 11.9 Å². The zero-order chi connectivity index (χ0) is 9.97. The van der Waals surface area contributed by atoms with Crippen LogP contribution in [0.4, 0.5) is 5.69 Å². The molecule has 14 heavy (non-hydrogen) atoms. The Labute approximate surface area is 85.5 Å². The van der Waals surface area contributed by atoms with Gasteiger partial charge in [-0.1, -0.05) is 12.8 Å². The lowest BCUT2D eigenvalue weighted by atomic mass is 10.1. The molecule has 78 valence electrons. The number of nitrogens with zero attached hydrogens (tertiary/aromatic N) is 2. The van der Waals surface area contributed by atoms with Crippen LogP contribution in [0.1, 0.15) is 33.1 Å². The smallest absolute Gasteiger partial charge is 0.0728 e. The highest BCUT2D eigenvalue weighted by Gasteiger charge is 2.23. The van der Waals surface area contributed by atoms with E-state index in [2.05, 4.69) is 30.5 Å². The molecule has 2 rings (SSSR count). The Morgan fingerprint density at radius 3 is 3.00 bits per heavy atom. The Morgan fingerprint density at radius 2 is 2.43 bits per heavy atom. The van der Waals surface area contributed by atoms with Gasteiger partial charge in [0.1, 0.15) is 0 Å². The first-order chi connectivity index (χ1) is 6.78. The monoisotopic (exact) mass is 193 g/mol. The average Bonchev–Trinajstić information content (AvgIpc) is 2.83. The fourth-order valence-corrected chi connectivity index (χ4v) is 1.81. The van der Waals surface area contributed by atoms with Gasteiger partial charge in [-0.05, 0) is 26.2 Å². The van der Waals surface area contributed by atoms with Gasteiger partial charge in [0.2, 0.25) is 0 Å². The summed E-state index contributed by atoms with van der Waals surface area (Å²) >= 11 is 0. The van der Waals surface area contributed by atoms with Crippen LogP contribution in [-0.2, 0) is 6.54 Å². The minimum absolute atomic E-state index is 0.581. The lowest BCUT2D eigenvalue weighted by Gasteiger charge is -2.12. The van der Waals surface area contributed by atoms with E-state index in [0.29, 0.717) is 6.04 Å². The van der Waals surface area contributed by atoms with Crippen LogP contribution in [0.25, 0.3) is 0 Å². The first-order valence-corrected chi connectivity index (χ1v) is 5.57. The van der Waals surface area contributed by atoms with E-state index >= 15 is 0 Å². The molecule has 1 heterocycles. The van der Waals surface area contributed by atoms with Gasteiger partial charge in [0.25, 0.3) is 0 Å². The normalized spacial score (nSPS) is 18.1. The largest absolute Gasteiger partial charge is 0.380 e. The Hall–Kier alpha value is -0.990. The molecule has 0 bridgehead atoms. The molecular formula is C11H19N3. The molecule has 1 unspecified atom stereocenters. The van der Waals surface area contributed by atoms with Crippen molar-refractivity contribution < 1.29 is 0 Å². The van der Waals surface area contributed by atoms with E-state index in [1.807, 2.05) is 10.9 Å². The maximum absolute atomic E-state index is 4.24. The number of hydrogen-bond acceptors (Lipinski definition) is 2. The minimum atomic E-state index is 0.581. The maximum Gasteiger partial charge on any atom is 0.0728 e. The molecule has 1 aliphatic rings. The van der Waals surface area contributed by atoms with Crippen LogP contribution < -0.4 is 5.32 Å². The van der Waals surface area contributed by atoms with Crippen LogP contribution in [0.2, 0.25) is 0 Å².